The highest BCUT2D eigenvalue weighted by atomic mass is 32.1. The normalized spacial score (nSPS) is 10.6. The predicted octanol–water partition coefficient (Wildman–Crippen LogP) is 3.37. The Morgan fingerprint density at radius 2 is 1.91 bits per heavy atom. The maximum atomic E-state index is 9.83. The molecule has 0 radical (unpaired) electrons. The molecule has 3 N–H and O–H groups in total. The first-order valence-corrected chi connectivity index (χ1v) is 7.31. The molecular formula is C16H16N4OS. The van der Waals surface area contributed by atoms with E-state index in [0.717, 1.165) is 11.1 Å². The van der Waals surface area contributed by atoms with Crippen molar-refractivity contribution in [3.63, 3.8) is 0 Å². The molecule has 0 saturated heterocycles. The molecule has 0 fully saturated rings. The molecule has 3 aromatic rings. The van der Waals surface area contributed by atoms with E-state index in [1.165, 1.54) is 5.56 Å². The Balaban J connectivity index is 1.88. The average Bonchev–Trinajstić information content (AvgIpc) is 2.88. The lowest BCUT2D eigenvalue weighted by molar-refractivity contribution is 0.468. The van der Waals surface area contributed by atoms with Gasteiger partial charge in [-0.3, -0.25) is 0 Å². The topological polar surface area (TPSA) is 65.9 Å². The van der Waals surface area contributed by atoms with Crippen molar-refractivity contribution < 1.29 is 5.11 Å². The van der Waals surface area contributed by atoms with Crippen LogP contribution in [0, 0.1) is 11.7 Å². The van der Waals surface area contributed by atoms with Gasteiger partial charge in [-0.05, 0) is 25.2 Å². The van der Waals surface area contributed by atoms with Gasteiger partial charge in [0.25, 0.3) is 0 Å². The van der Waals surface area contributed by atoms with Gasteiger partial charge in [0.1, 0.15) is 5.75 Å². The van der Waals surface area contributed by atoms with Crippen molar-refractivity contribution >= 4 is 12.2 Å². The van der Waals surface area contributed by atoms with E-state index in [2.05, 4.69) is 15.6 Å². The van der Waals surface area contributed by atoms with Crippen LogP contribution in [-0.2, 0) is 6.54 Å². The van der Waals surface area contributed by atoms with Gasteiger partial charge in [0.15, 0.2) is 5.82 Å². The second-order valence-electron chi connectivity index (χ2n) is 5.02. The summed E-state index contributed by atoms with van der Waals surface area (Å²) >= 11 is 5.27. The summed E-state index contributed by atoms with van der Waals surface area (Å²) in [6.07, 6.45) is 0. The summed E-state index contributed by atoms with van der Waals surface area (Å²) in [4.78, 5) is 0. The summed E-state index contributed by atoms with van der Waals surface area (Å²) in [6, 6.07) is 15.2. The number of para-hydroxylation sites is 1. The number of phenolic OH excluding ortho intramolecular Hbond substituents is 1. The first kappa shape index (κ1) is 14.3. The van der Waals surface area contributed by atoms with Gasteiger partial charge in [0.2, 0.25) is 4.77 Å². The van der Waals surface area contributed by atoms with Crippen molar-refractivity contribution in [3.05, 3.63) is 64.4 Å². The van der Waals surface area contributed by atoms with E-state index in [9.17, 15) is 5.11 Å². The predicted molar refractivity (Wildman–Crippen MR) is 88.8 cm³/mol. The van der Waals surface area contributed by atoms with E-state index in [0.29, 0.717) is 17.1 Å². The zero-order valence-electron chi connectivity index (χ0n) is 12.1. The monoisotopic (exact) mass is 312 g/mol. The quantitative estimate of drug-likeness (QED) is 0.646. The number of nitrogens with zero attached hydrogens (tertiary/aromatic N) is 2. The fraction of sp³-hybridized carbons (Fsp3) is 0.125. The number of aromatic hydroxyl groups is 1. The van der Waals surface area contributed by atoms with E-state index in [1.807, 2.05) is 43.3 Å². The van der Waals surface area contributed by atoms with Crippen molar-refractivity contribution in [2.45, 2.75) is 13.5 Å². The van der Waals surface area contributed by atoms with Gasteiger partial charge in [0.05, 0.1) is 6.54 Å². The Labute approximate surface area is 133 Å². The zero-order valence-corrected chi connectivity index (χ0v) is 12.9. The number of hydrogen-bond donors (Lipinski definition) is 3. The number of aromatic amines is 1. The molecule has 0 unspecified atom stereocenters. The molecule has 0 aliphatic rings. The van der Waals surface area contributed by atoms with Crippen LogP contribution < -0.4 is 5.43 Å². The number of rotatable bonds is 4. The van der Waals surface area contributed by atoms with Crippen LogP contribution in [0.15, 0.2) is 48.5 Å². The number of hydrogen-bond acceptors (Lipinski definition) is 4. The largest absolute Gasteiger partial charge is 0.508 e. The van der Waals surface area contributed by atoms with Crippen LogP contribution in [0.5, 0.6) is 5.75 Å². The summed E-state index contributed by atoms with van der Waals surface area (Å²) in [5, 5.41) is 16.9. The fourth-order valence-corrected chi connectivity index (χ4v) is 2.36. The third kappa shape index (κ3) is 2.87. The van der Waals surface area contributed by atoms with Crippen LogP contribution in [0.3, 0.4) is 0 Å². The lowest BCUT2D eigenvalue weighted by Crippen LogP contribution is -2.16. The second kappa shape index (κ2) is 6.03. The molecule has 1 heterocycles. The number of benzene rings is 2. The van der Waals surface area contributed by atoms with Crippen molar-refractivity contribution in [2.75, 3.05) is 5.43 Å². The first-order valence-electron chi connectivity index (χ1n) is 6.90. The van der Waals surface area contributed by atoms with Crippen LogP contribution >= 0.6 is 12.2 Å². The second-order valence-corrected chi connectivity index (χ2v) is 5.40. The number of nitrogens with one attached hydrogen (secondary N) is 2. The molecule has 2 aromatic carbocycles. The van der Waals surface area contributed by atoms with Gasteiger partial charge in [-0.25, -0.2) is 9.77 Å². The van der Waals surface area contributed by atoms with E-state index in [4.69, 9.17) is 12.2 Å². The Morgan fingerprint density at radius 3 is 2.64 bits per heavy atom. The summed E-state index contributed by atoms with van der Waals surface area (Å²) in [5.74, 6) is 0.960. The zero-order chi connectivity index (χ0) is 15.5. The lowest BCUT2D eigenvalue weighted by Gasteiger charge is -2.11. The molecule has 0 amide bonds. The minimum atomic E-state index is 0.252. The maximum Gasteiger partial charge on any atom is 0.214 e. The molecule has 6 heteroatoms. The minimum Gasteiger partial charge on any atom is -0.508 e. The molecule has 3 rings (SSSR count). The van der Waals surface area contributed by atoms with Crippen LogP contribution in [0.4, 0.5) is 0 Å². The Bertz CT molecular complexity index is 836. The number of phenols is 1. The first-order chi connectivity index (χ1) is 10.6. The van der Waals surface area contributed by atoms with E-state index >= 15 is 0 Å². The summed E-state index contributed by atoms with van der Waals surface area (Å²) in [6.45, 7) is 2.48. The highest BCUT2D eigenvalue weighted by Crippen LogP contribution is 2.19. The van der Waals surface area contributed by atoms with Crippen LogP contribution in [0.1, 0.15) is 11.1 Å². The average molecular weight is 312 g/mol. The Hall–Kier alpha value is -2.60. The molecule has 0 atom stereocenters. The molecule has 0 bridgehead atoms. The Kier molecular flexibility index (Phi) is 3.93. The smallest absolute Gasteiger partial charge is 0.214 e. The molecular weight excluding hydrogens is 296 g/mol. The van der Waals surface area contributed by atoms with Gasteiger partial charge < -0.3 is 10.5 Å². The van der Waals surface area contributed by atoms with Crippen molar-refractivity contribution in [3.8, 4) is 17.1 Å². The van der Waals surface area contributed by atoms with E-state index in [-0.39, 0.29) is 5.75 Å². The molecule has 112 valence electrons. The van der Waals surface area contributed by atoms with E-state index in [1.54, 1.807) is 16.8 Å². The molecule has 1 aromatic heterocycles. The minimum absolute atomic E-state index is 0.252. The molecule has 0 aliphatic heterocycles. The fourth-order valence-electron chi connectivity index (χ4n) is 2.16. The molecule has 0 aliphatic carbocycles. The highest BCUT2D eigenvalue weighted by molar-refractivity contribution is 7.71. The van der Waals surface area contributed by atoms with Crippen LogP contribution in [-0.4, -0.2) is 20.0 Å². The van der Waals surface area contributed by atoms with Gasteiger partial charge in [-0.1, -0.05) is 48.0 Å². The van der Waals surface area contributed by atoms with Gasteiger partial charge >= 0.3 is 0 Å². The van der Waals surface area contributed by atoms with Crippen LogP contribution in [0.25, 0.3) is 11.4 Å². The molecule has 0 spiro atoms. The SMILES string of the molecule is Cc1ccc(-c2n[nH]c(=S)n2NCc2ccccc2O)cc1. The standard InChI is InChI=1S/C16H16N4OS/c1-11-6-8-12(9-7-11)15-18-19-16(22)20(15)17-10-13-4-2-3-5-14(13)21/h2-9,17,21H,10H2,1H3,(H,19,22). The van der Waals surface area contributed by atoms with Crippen molar-refractivity contribution in [1.82, 2.24) is 14.9 Å². The van der Waals surface area contributed by atoms with Crippen LogP contribution in [0.2, 0.25) is 0 Å². The molecule has 5 nitrogen and oxygen atoms in total. The maximum absolute atomic E-state index is 9.83. The number of H-pyrrole nitrogens is 1. The number of aryl methyl sites for hydroxylation is 1. The third-order valence-electron chi connectivity index (χ3n) is 3.40. The van der Waals surface area contributed by atoms with Gasteiger partial charge in [-0.15, -0.1) is 0 Å². The number of aromatic nitrogens is 3. The highest BCUT2D eigenvalue weighted by Gasteiger charge is 2.09. The molecule has 22 heavy (non-hydrogen) atoms. The summed E-state index contributed by atoms with van der Waals surface area (Å²) < 4.78 is 2.19. The van der Waals surface area contributed by atoms with Crippen molar-refractivity contribution in [2.24, 2.45) is 0 Å². The van der Waals surface area contributed by atoms with Gasteiger partial charge in [0, 0.05) is 11.1 Å². The Morgan fingerprint density at radius 1 is 1.18 bits per heavy atom. The summed E-state index contributed by atoms with van der Waals surface area (Å²) in [5.41, 5.74) is 6.13. The molecule has 0 saturated carbocycles. The van der Waals surface area contributed by atoms with Crippen molar-refractivity contribution in [1.29, 1.82) is 0 Å². The van der Waals surface area contributed by atoms with Gasteiger partial charge in [-0.2, -0.15) is 5.10 Å². The lowest BCUT2D eigenvalue weighted by atomic mass is 10.1. The third-order valence-corrected chi connectivity index (χ3v) is 3.68. The van der Waals surface area contributed by atoms with E-state index < -0.39 is 0 Å². The summed E-state index contributed by atoms with van der Waals surface area (Å²) in [7, 11) is 0.